The number of hydrogen-bond acceptors (Lipinski definition) is 6. The first kappa shape index (κ1) is 23.8. The molecule has 0 aliphatic rings. The van der Waals surface area contributed by atoms with Crippen LogP contribution in [0.3, 0.4) is 0 Å². The average Bonchev–Trinajstić information content (AvgIpc) is 2.42. The molecule has 0 saturated carbocycles. The van der Waals surface area contributed by atoms with Gasteiger partial charge in [0.15, 0.2) is 0 Å². The Labute approximate surface area is 145 Å². The summed E-state index contributed by atoms with van der Waals surface area (Å²) in [7, 11) is -4.95. The summed E-state index contributed by atoms with van der Waals surface area (Å²) in [5.41, 5.74) is -5.11. The molecule has 0 aromatic rings. The molecule has 0 aliphatic carbocycles. The van der Waals surface area contributed by atoms with Gasteiger partial charge >= 0.3 is 25.3 Å². The molecule has 8 nitrogen and oxygen atoms in total. The fourth-order valence-corrected chi connectivity index (χ4v) is 3.58. The summed E-state index contributed by atoms with van der Waals surface area (Å²) in [6.07, 6.45) is -1.19. The molecule has 0 bridgehead atoms. The maximum atomic E-state index is 14.7. The minimum atomic E-state index is -4.95. The number of carboxylic acid groups (broad SMARTS) is 1. The summed E-state index contributed by atoms with van der Waals surface area (Å²) in [6, 6.07) is -2.07. The van der Waals surface area contributed by atoms with Gasteiger partial charge in [-0.25, -0.2) is 9.59 Å². The molecule has 11 heteroatoms. The van der Waals surface area contributed by atoms with E-state index in [1.165, 1.54) is 34.6 Å². The molecule has 0 rings (SSSR count). The Bertz CT molecular complexity index is 512. The van der Waals surface area contributed by atoms with Crippen molar-refractivity contribution in [2.75, 3.05) is 13.2 Å². The SMILES string of the molecule is CCOP(=O)(OCC)C(F)(F)[C@H](C)[C@H](NC(=O)OC(C)(C)C)C(=O)O. The number of ether oxygens (including phenoxy) is 1. The van der Waals surface area contributed by atoms with Gasteiger partial charge in [-0.15, -0.1) is 0 Å². The minimum Gasteiger partial charge on any atom is -0.480 e. The molecular weight excluding hydrogens is 363 g/mol. The summed E-state index contributed by atoms with van der Waals surface area (Å²) < 4.78 is 55.8. The number of carbonyl (C=O) groups is 2. The third-order valence-electron chi connectivity index (χ3n) is 2.95. The molecule has 0 spiro atoms. The summed E-state index contributed by atoms with van der Waals surface area (Å²) >= 11 is 0. The van der Waals surface area contributed by atoms with Gasteiger partial charge in [0.2, 0.25) is 0 Å². The number of alkyl carbamates (subject to hydrolysis) is 1. The van der Waals surface area contributed by atoms with Crippen LogP contribution in [0.15, 0.2) is 0 Å². The van der Waals surface area contributed by atoms with Gasteiger partial charge in [0.25, 0.3) is 0 Å². The van der Waals surface area contributed by atoms with Gasteiger partial charge < -0.3 is 24.2 Å². The Morgan fingerprint density at radius 3 is 1.92 bits per heavy atom. The highest BCUT2D eigenvalue weighted by Gasteiger charge is 2.60. The van der Waals surface area contributed by atoms with Crippen LogP contribution in [0, 0.1) is 5.92 Å². The van der Waals surface area contributed by atoms with E-state index in [2.05, 4.69) is 9.05 Å². The van der Waals surface area contributed by atoms with Crippen LogP contribution in [0.1, 0.15) is 41.5 Å². The summed E-state index contributed by atoms with van der Waals surface area (Å²) in [5.74, 6) is -3.83. The average molecular weight is 389 g/mol. The number of amides is 1. The lowest BCUT2D eigenvalue weighted by atomic mass is 10.0. The molecule has 25 heavy (non-hydrogen) atoms. The lowest BCUT2D eigenvalue weighted by Gasteiger charge is -2.33. The number of hydrogen-bond donors (Lipinski definition) is 2. The molecule has 148 valence electrons. The predicted molar refractivity (Wildman–Crippen MR) is 85.8 cm³/mol. The van der Waals surface area contributed by atoms with Crippen molar-refractivity contribution in [2.24, 2.45) is 5.92 Å². The second-order valence-corrected chi connectivity index (χ2v) is 8.28. The maximum Gasteiger partial charge on any atom is 0.408 e. The van der Waals surface area contributed by atoms with Crippen LogP contribution < -0.4 is 5.32 Å². The zero-order chi connectivity index (χ0) is 20.1. The first-order chi connectivity index (χ1) is 11.2. The molecule has 0 aromatic carbocycles. The number of carboxylic acids is 1. The molecule has 2 atom stereocenters. The molecule has 0 heterocycles. The van der Waals surface area contributed by atoms with E-state index in [4.69, 9.17) is 4.74 Å². The maximum absolute atomic E-state index is 14.7. The molecule has 0 unspecified atom stereocenters. The number of halogens is 2. The van der Waals surface area contributed by atoms with Gasteiger partial charge in [0.1, 0.15) is 11.6 Å². The van der Waals surface area contributed by atoms with E-state index in [0.717, 1.165) is 6.92 Å². The summed E-state index contributed by atoms with van der Waals surface area (Å²) in [4.78, 5) is 23.1. The lowest BCUT2D eigenvalue weighted by Crippen LogP contribution is -2.52. The first-order valence-electron chi connectivity index (χ1n) is 7.71. The monoisotopic (exact) mass is 389 g/mol. The summed E-state index contributed by atoms with van der Waals surface area (Å²) in [6.45, 7) is 7.46. The number of carbonyl (C=O) groups excluding carboxylic acids is 1. The van der Waals surface area contributed by atoms with Crippen molar-refractivity contribution in [3.63, 3.8) is 0 Å². The zero-order valence-corrected chi connectivity index (χ0v) is 16.1. The fraction of sp³-hybridized carbons (Fsp3) is 0.857. The van der Waals surface area contributed by atoms with Crippen molar-refractivity contribution in [3.8, 4) is 0 Å². The van der Waals surface area contributed by atoms with Crippen molar-refractivity contribution in [1.82, 2.24) is 5.32 Å². The van der Waals surface area contributed by atoms with E-state index in [1.54, 1.807) is 0 Å². The van der Waals surface area contributed by atoms with Gasteiger partial charge in [0.05, 0.1) is 19.1 Å². The van der Waals surface area contributed by atoms with Crippen LogP contribution in [0.2, 0.25) is 0 Å². The van der Waals surface area contributed by atoms with Crippen molar-refractivity contribution in [2.45, 2.75) is 58.8 Å². The Morgan fingerprint density at radius 2 is 1.60 bits per heavy atom. The number of nitrogens with one attached hydrogen (secondary N) is 1. The zero-order valence-electron chi connectivity index (χ0n) is 15.2. The van der Waals surface area contributed by atoms with E-state index in [-0.39, 0.29) is 13.2 Å². The smallest absolute Gasteiger partial charge is 0.408 e. The van der Waals surface area contributed by atoms with E-state index in [0.29, 0.717) is 0 Å². The van der Waals surface area contributed by atoms with Crippen LogP contribution in [0.5, 0.6) is 0 Å². The van der Waals surface area contributed by atoms with Crippen molar-refractivity contribution < 1.29 is 41.8 Å². The highest BCUT2D eigenvalue weighted by molar-refractivity contribution is 7.55. The third-order valence-corrected chi connectivity index (χ3v) is 5.28. The quantitative estimate of drug-likeness (QED) is 0.581. The number of rotatable bonds is 9. The van der Waals surface area contributed by atoms with Crippen LogP contribution in [-0.2, 0) is 23.1 Å². The van der Waals surface area contributed by atoms with Gasteiger partial charge in [-0.05, 0) is 34.6 Å². The Kier molecular flexibility index (Phi) is 8.47. The largest absolute Gasteiger partial charge is 0.480 e. The normalized spacial score (nSPS) is 15.4. The van der Waals surface area contributed by atoms with Gasteiger partial charge in [-0.3, -0.25) is 4.57 Å². The van der Waals surface area contributed by atoms with Crippen LogP contribution in [-0.4, -0.2) is 47.7 Å². The van der Waals surface area contributed by atoms with Crippen LogP contribution in [0.25, 0.3) is 0 Å². The number of aliphatic carboxylic acids is 1. The van der Waals surface area contributed by atoms with E-state index in [9.17, 15) is 28.0 Å². The molecule has 0 fully saturated rings. The standard InChI is InChI=1S/C14H26F2NO7P/c1-7-22-25(21,23-8-2)14(15,16)9(3)10(11(18)19)17-12(20)24-13(4,5)6/h9-10H,7-8H2,1-6H3,(H,17,20)(H,18,19)/t9-,10+/m1/s1. The lowest BCUT2D eigenvalue weighted by molar-refractivity contribution is -0.144. The summed E-state index contributed by atoms with van der Waals surface area (Å²) in [5, 5.41) is 11.1. The number of alkyl halides is 2. The molecular formula is C14H26F2NO7P. The predicted octanol–water partition coefficient (Wildman–Crippen LogP) is 3.46. The Balaban J connectivity index is 5.56. The van der Waals surface area contributed by atoms with Gasteiger partial charge in [-0.1, -0.05) is 6.92 Å². The Morgan fingerprint density at radius 1 is 1.16 bits per heavy atom. The van der Waals surface area contributed by atoms with Crippen LogP contribution >= 0.6 is 7.60 Å². The van der Waals surface area contributed by atoms with E-state index in [1.807, 2.05) is 5.32 Å². The molecule has 0 aliphatic heterocycles. The topological polar surface area (TPSA) is 111 Å². The van der Waals surface area contributed by atoms with Gasteiger partial charge in [0, 0.05) is 0 Å². The molecule has 0 saturated heterocycles. The molecule has 1 amide bonds. The highest BCUT2D eigenvalue weighted by atomic mass is 31.2. The van der Waals surface area contributed by atoms with E-state index < -0.39 is 42.9 Å². The fourth-order valence-electron chi connectivity index (χ4n) is 1.83. The highest BCUT2D eigenvalue weighted by Crippen LogP contribution is 2.65. The first-order valence-corrected chi connectivity index (χ1v) is 9.25. The van der Waals surface area contributed by atoms with Crippen LogP contribution in [0.4, 0.5) is 13.6 Å². The van der Waals surface area contributed by atoms with Crippen molar-refractivity contribution in [1.29, 1.82) is 0 Å². The molecule has 0 aromatic heterocycles. The van der Waals surface area contributed by atoms with Crippen molar-refractivity contribution >= 4 is 19.7 Å². The second-order valence-electron chi connectivity index (χ2n) is 6.17. The minimum absolute atomic E-state index is 0.323. The Hall–Kier alpha value is -1.25. The molecule has 0 radical (unpaired) electrons. The van der Waals surface area contributed by atoms with Crippen molar-refractivity contribution in [3.05, 3.63) is 0 Å². The third kappa shape index (κ3) is 6.52. The van der Waals surface area contributed by atoms with E-state index >= 15 is 0 Å². The van der Waals surface area contributed by atoms with Gasteiger partial charge in [-0.2, -0.15) is 8.78 Å². The second kappa shape index (κ2) is 8.91. The molecule has 2 N–H and O–H groups in total.